The van der Waals surface area contributed by atoms with Crippen LogP contribution in [0.4, 0.5) is 0 Å². The van der Waals surface area contributed by atoms with Gasteiger partial charge >= 0.3 is 5.97 Å². The molecule has 1 N–H and O–H groups in total. The molecule has 3 atom stereocenters. The molecule has 1 aliphatic heterocycles. The molecular weight excluding hydrogens is 384 g/mol. The van der Waals surface area contributed by atoms with E-state index in [4.69, 9.17) is 16.3 Å². The molecule has 1 aliphatic carbocycles. The van der Waals surface area contributed by atoms with E-state index in [-0.39, 0.29) is 17.9 Å². The van der Waals surface area contributed by atoms with Crippen molar-refractivity contribution in [3.63, 3.8) is 0 Å². The Morgan fingerprint density at radius 2 is 1.86 bits per heavy atom. The molecule has 1 saturated heterocycles. The molecule has 148 valence electrons. The Bertz CT molecular complexity index is 812. The van der Waals surface area contributed by atoms with Crippen LogP contribution in [0.3, 0.4) is 0 Å². The molecular formula is C20H21ClN2O5. The average Bonchev–Trinajstić information content (AvgIpc) is 2.91. The number of fused-ring (bicyclic) bond motifs is 1. The van der Waals surface area contributed by atoms with E-state index in [0.29, 0.717) is 17.9 Å². The minimum Gasteiger partial charge on any atom is -0.454 e. The molecule has 1 heterocycles. The van der Waals surface area contributed by atoms with Gasteiger partial charge in [-0.25, -0.2) is 0 Å². The van der Waals surface area contributed by atoms with Gasteiger partial charge in [-0.2, -0.15) is 0 Å². The molecule has 28 heavy (non-hydrogen) atoms. The molecule has 1 aromatic carbocycles. The minimum atomic E-state index is -0.793. The van der Waals surface area contributed by atoms with E-state index in [2.05, 4.69) is 5.32 Å². The predicted octanol–water partition coefficient (Wildman–Crippen LogP) is 2.01. The van der Waals surface area contributed by atoms with E-state index in [1.165, 1.54) is 0 Å². The van der Waals surface area contributed by atoms with Crippen molar-refractivity contribution in [2.75, 3.05) is 13.2 Å². The molecule has 0 saturated carbocycles. The number of nitrogens with one attached hydrogen (secondary N) is 1. The summed E-state index contributed by atoms with van der Waals surface area (Å²) in [6.45, 7) is 0.818. The lowest BCUT2D eigenvalue weighted by Crippen LogP contribution is -2.38. The summed E-state index contributed by atoms with van der Waals surface area (Å²) < 4.78 is 4.94. The summed E-state index contributed by atoms with van der Waals surface area (Å²) in [6.07, 6.45) is 4.76. The molecule has 0 bridgehead atoms. The van der Waals surface area contributed by atoms with Crippen LogP contribution in [0.1, 0.15) is 31.4 Å². The molecule has 0 radical (unpaired) electrons. The van der Waals surface area contributed by atoms with Crippen LogP contribution >= 0.6 is 11.6 Å². The maximum atomic E-state index is 12.3. The van der Waals surface area contributed by atoms with E-state index < -0.39 is 36.9 Å². The first-order chi connectivity index (χ1) is 13.4. The van der Waals surface area contributed by atoms with Crippen LogP contribution < -0.4 is 5.32 Å². The third-order valence-electron chi connectivity index (χ3n) is 4.98. The first kappa shape index (κ1) is 20.1. The molecule has 1 fully saturated rings. The fourth-order valence-corrected chi connectivity index (χ4v) is 3.69. The van der Waals surface area contributed by atoms with Crippen LogP contribution in [0.15, 0.2) is 36.4 Å². The zero-order valence-electron chi connectivity index (χ0n) is 15.4. The Morgan fingerprint density at radius 3 is 2.46 bits per heavy atom. The Morgan fingerprint density at radius 1 is 1.21 bits per heavy atom. The number of hydrogen-bond acceptors (Lipinski definition) is 5. The normalized spacial score (nSPS) is 22.0. The number of carbonyl (C=O) groups excluding carboxylic acids is 4. The number of ether oxygens (including phenoxy) is 1. The number of hydrogen-bond donors (Lipinski definition) is 1. The van der Waals surface area contributed by atoms with Gasteiger partial charge in [-0.1, -0.05) is 35.9 Å². The predicted molar refractivity (Wildman–Crippen MR) is 101 cm³/mol. The largest absolute Gasteiger partial charge is 0.454 e. The number of benzene rings is 1. The topological polar surface area (TPSA) is 92.8 Å². The van der Waals surface area contributed by atoms with Gasteiger partial charge < -0.3 is 10.1 Å². The van der Waals surface area contributed by atoms with Gasteiger partial charge in [0.05, 0.1) is 17.9 Å². The van der Waals surface area contributed by atoms with Crippen LogP contribution in [0.25, 0.3) is 0 Å². The molecule has 3 rings (SSSR count). The van der Waals surface area contributed by atoms with E-state index >= 15 is 0 Å². The second-order valence-electron chi connectivity index (χ2n) is 6.92. The third kappa shape index (κ3) is 4.42. The lowest BCUT2D eigenvalue weighted by Gasteiger charge is -2.16. The summed E-state index contributed by atoms with van der Waals surface area (Å²) in [6, 6.07) is 6.74. The summed E-state index contributed by atoms with van der Waals surface area (Å²) in [5.74, 6) is -2.78. The quantitative estimate of drug-likeness (QED) is 0.445. The van der Waals surface area contributed by atoms with E-state index in [0.717, 1.165) is 10.5 Å². The van der Waals surface area contributed by atoms with E-state index in [1.54, 1.807) is 25.1 Å². The van der Waals surface area contributed by atoms with Crippen molar-refractivity contribution >= 4 is 35.3 Å². The smallest absolute Gasteiger partial charge is 0.326 e. The molecule has 7 nitrogen and oxygen atoms in total. The van der Waals surface area contributed by atoms with Crippen molar-refractivity contribution in [2.45, 2.75) is 25.8 Å². The van der Waals surface area contributed by atoms with Crippen LogP contribution in [0.5, 0.6) is 0 Å². The molecule has 0 unspecified atom stereocenters. The van der Waals surface area contributed by atoms with Gasteiger partial charge in [-0.3, -0.25) is 24.1 Å². The zero-order chi connectivity index (χ0) is 20.3. The van der Waals surface area contributed by atoms with Gasteiger partial charge in [0.1, 0.15) is 6.54 Å². The van der Waals surface area contributed by atoms with Crippen molar-refractivity contribution in [2.24, 2.45) is 11.8 Å². The lowest BCUT2D eigenvalue weighted by atomic mass is 9.85. The monoisotopic (exact) mass is 404 g/mol. The first-order valence-electron chi connectivity index (χ1n) is 9.07. The summed E-state index contributed by atoms with van der Waals surface area (Å²) in [7, 11) is 0. The molecule has 2 aliphatic rings. The van der Waals surface area contributed by atoms with E-state index in [9.17, 15) is 19.2 Å². The summed E-state index contributed by atoms with van der Waals surface area (Å²) in [4.78, 5) is 49.6. The number of halogens is 1. The second kappa shape index (κ2) is 8.56. The fraction of sp³-hybridized carbons (Fsp3) is 0.400. The standard InChI is InChI=1S/C20H21ClN2O5/c1-12(13-5-4-6-14(21)9-13)22-17(24)11-28-18(25)10-23-19(26)15-7-2-3-8-16(15)20(23)27/h2-6,9,12,15-16H,7-8,10-11H2,1H3,(H,22,24)/t12-,15-,16-/m0/s1. The summed E-state index contributed by atoms with van der Waals surface area (Å²) in [5.41, 5.74) is 0.816. The van der Waals surface area contributed by atoms with Gasteiger partial charge in [0.15, 0.2) is 6.61 Å². The SMILES string of the molecule is C[C@H](NC(=O)COC(=O)CN1C(=O)[C@H]2CC=CC[C@@H]2C1=O)c1cccc(Cl)c1. The van der Waals surface area contributed by atoms with Crippen LogP contribution in [0, 0.1) is 11.8 Å². The number of nitrogens with zero attached hydrogens (tertiary/aromatic N) is 1. The van der Waals surface area contributed by atoms with Gasteiger partial charge in [0, 0.05) is 5.02 Å². The Balaban J connectivity index is 1.47. The highest BCUT2D eigenvalue weighted by molar-refractivity contribution is 6.30. The third-order valence-corrected chi connectivity index (χ3v) is 5.21. The Kier molecular flexibility index (Phi) is 6.14. The number of likely N-dealkylation sites (tertiary alicyclic amines) is 1. The highest BCUT2D eigenvalue weighted by atomic mass is 35.5. The van der Waals surface area contributed by atoms with Gasteiger partial charge in [0.2, 0.25) is 11.8 Å². The maximum absolute atomic E-state index is 12.3. The molecule has 3 amide bonds. The van der Waals surface area contributed by atoms with Crippen molar-refractivity contribution in [3.05, 3.63) is 47.0 Å². The zero-order valence-corrected chi connectivity index (χ0v) is 16.1. The van der Waals surface area contributed by atoms with Crippen molar-refractivity contribution < 1.29 is 23.9 Å². The summed E-state index contributed by atoms with van der Waals surface area (Å²) in [5, 5.41) is 3.26. The highest BCUT2D eigenvalue weighted by Gasteiger charge is 2.47. The lowest BCUT2D eigenvalue weighted by molar-refractivity contribution is -0.155. The van der Waals surface area contributed by atoms with E-state index in [1.807, 2.05) is 18.2 Å². The number of allylic oxidation sites excluding steroid dienone is 2. The van der Waals surface area contributed by atoms with Crippen molar-refractivity contribution in [1.29, 1.82) is 0 Å². The maximum Gasteiger partial charge on any atom is 0.326 e. The van der Waals surface area contributed by atoms with Gasteiger partial charge in [-0.05, 0) is 37.5 Å². The molecule has 8 heteroatoms. The Labute approximate surface area is 167 Å². The fourth-order valence-electron chi connectivity index (χ4n) is 3.49. The number of imide groups is 1. The molecule has 1 aromatic rings. The van der Waals surface area contributed by atoms with Gasteiger partial charge in [0.25, 0.3) is 5.91 Å². The Hall–Kier alpha value is -2.67. The van der Waals surface area contributed by atoms with Crippen LogP contribution in [0.2, 0.25) is 5.02 Å². The number of esters is 1. The number of carbonyl (C=O) groups is 4. The van der Waals surface area contributed by atoms with Crippen molar-refractivity contribution in [3.8, 4) is 0 Å². The van der Waals surface area contributed by atoms with Crippen molar-refractivity contribution in [1.82, 2.24) is 10.2 Å². The minimum absolute atomic E-state index is 0.317. The first-order valence-corrected chi connectivity index (χ1v) is 9.45. The average molecular weight is 405 g/mol. The van der Waals surface area contributed by atoms with Gasteiger partial charge in [-0.15, -0.1) is 0 Å². The number of rotatable bonds is 6. The molecule has 0 spiro atoms. The highest BCUT2D eigenvalue weighted by Crippen LogP contribution is 2.34. The second-order valence-corrected chi connectivity index (χ2v) is 7.36. The number of amides is 3. The summed E-state index contributed by atoms with van der Waals surface area (Å²) >= 11 is 5.93. The van der Waals surface area contributed by atoms with Crippen LogP contribution in [-0.4, -0.2) is 41.7 Å². The molecule has 0 aromatic heterocycles. The van der Waals surface area contributed by atoms with Crippen LogP contribution in [-0.2, 0) is 23.9 Å².